The zero-order valence-electron chi connectivity index (χ0n) is 12.9. The van der Waals surface area contributed by atoms with E-state index in [1.54, 1.807) is 30.6 Å². The van der Waals surface area contributed by atoms with Crippen molar-refractivity contribution in [2.45, 2.75) is 12.6 Å². The van der Waals surface area contributed by atoms with Crippen LogP contribution >= 0.6 is 0 Å². The fourth-order valence-corrected chi connectivity index (χ4v) is 2.40. The Bertz CT molecular complexity index is 829. The maximum atomic E-state index is 10.8. The molecule has 4 N–H and O–H groups in total. The number of rotatable bonds is 6. The normalized spacial score (nSPS) is 12.0. The highest BCUT2D eigenvalue weighted by atomic mass is 16.5. The van der Waals surface area contributed by atoms with Crippen molar-refractivity contribution < 1.29 is 14.6 Å². The number of aromatic nitrogens is 2. The van der Waals surface area contributed by atoms with Crippen LogP contribution in [-0.2, 0) is 6.54 Å². The van der Waals surface area contributed by atoms with Gasteiger partial charge in [0.2, 0.25) is 0 Å². The molecule has 0 radical (unpaired) electrons. The summed E-state index contributed by atoms with van der Waals surface area (Å²) in [5.74, 6) is 0.597. The molecule has 2 aromatic carbocycles. The van der Waals surface area contributed by atoms with Crippen molar-refractivity contribution in [1.29, 1.82) is 0 Å². The molecule has 7 nitrogen and oxygen atoms in total. The fourth-order valence-electron chi connectivity index (χ4n) is 2.40. The predicted molar refractivity (Wildman–Crippen MR) is 90.9 cm³/mol. The zero-order valence-corrected chi connectivity index (χ0v) is 12.9. The first kappa shape index (κ1) is 15.8. The largest absolute Gasteiger partial charge is 0.491 e. The predicted octanol–water partition coefficient (Wildman–Crippen LogP) is 1.97. The molecule has 0 fully saturated rings. The molecule has 1 aromatic heterocycles. The van der Waals surface area contributed by atoms with Gasteiger partial charge in [-0.15, -0.1) is 0 Å². The summed E-state index contributed by atoms with van der Waals surface area (Å²) in [6.07, 6.45) is 1.03. The van der Waals surface area contributed by atoms with Crippen molar-refractivity contribution >= 4 is 22.8 Å². The van der Waals surface area contributed by atoms with Crippen LogP contribution in [-0.4, -0.2) is 33.4 Å². The number of benzene rings is 2. The molecule has 0 saturated heterocycles. The Kier molecular flexibility index (Phi) is 4.62. The molecule has 24 heavy (non-hydrogen) atoms. The minimum atomic E-state index is -0.675. The highest BCUT2D eigenvalue weighted by molar-refractivity contribution is 5.87. The average molecular weight is 326 g/mol. The van der Waals surface area contributed by atoms with Crippen LogP contribution in [0.15, 0.2) is 54.9 Å². The summed E-state index contributed by atoms with van der Waals surface area (Å²) in [5.41, 5.74) is 7.49. The SMILES string of the molecule is NC(=O)Nc1ccc(OCC(O)Cn2cnc3ccccc32)cc1. The number of carbonyl (C=O) groups excluding carboxylic acids is 1. The molecular formula is C17H18N4O3. The Morgan fingerprint density at radius 1 is 1.25 bits per heavy atom. The van der Waals surface area contributed by atoms with E-state index >= 15 is 0 Å². The number of anilines is 1. The number of imidazole rings is 1. The topological polar surface area (TPSA) is 102 Å². The standard InChI is InChI=1S/C17H18N4O3/c18-17(23)20-12-5-7-14(8-6-12)24-10-13(22)9-21-11-19-15-3-1-2-4-16(15)21/h1-8,11,13,22H,9-10H2,(H3,18,20,23). The van der Waals surface area contributed by atoms with E-state index in [0.29, 0.717) is 18.0 Å². The summed E-state index contributed by atoms with van der Waals surface area (Å²) in [5, 5.41) is 12.6. The van der Waals surface area contributed by atoms with E-state index < -0.39 is 12.1 Å². The first-order valence-corrected chi connectivity index (χ1v) is 7.49. The Morgan fingerprint density at radius 2 is 2.00 bits per heavy atom. The van der Waals surface area contributed by atoms with Crippen LogP contribution in [0.5, 0.6) is 5.75 Å². The summed E-state index contributed by atoms with van der Waals surface area (Å²) in [7, 11) is 0. The highest BCUT2D eigenvalue weighted by Crippen LogP contribution is 2.16. The van der Waals surface area contributed by atoms with Gasteiger partial charge in [-0.25, -0.2) is 9.78 Å². The number of fused-ring (bicyclic) bond motifs is 1. The molecule has 3 rings (SSSR count). The number of primary amides is 1. The van der Waals surface area contributed by atoms with Gasteiger partial charge >= 0.3 is 6.03 Å². The van der Waals surface area contributed by atoms with Crippen LogP contribution < -0.4 is 15.8 Å². The number of carbonyl (C=O) groups is 1. The number of para-hydroxylation sites is 2. The number of ether oxygens (including phenoxy) is 1. The summed E-state index contributed by atoms with van der Waals surface area (Å²) in [6.45, 7) is 0.539. The van der Waals surface area contributed by atoms with Crippen LogP contribution in [0.1, 0.15) is 0 Å². The number of hydrogen-bond acceptors (Lipinski definition) is 4. The Labute approximate surface area is 138 Å². The van der Waals surface area contributed by atoms with Gasteiger partial charge in [-0.3, -0.25) is 0 Å². The molecule has 0 saturated carbocycles. The quantitative estimate of drug-likeness (QED) is 0.644. The molecule has 7 heteroatoms. The number of hydrogen-bond donors (Lipinski definition) is 3. The maximum absolute atomic E-state index is 10.8. The van der Waals surface area contributed by atoms with Crippen LogP contribution in [0.2, 0.25) is 0 Å². The molecule has 1 atom stereocenters. The summed E-state index contributed by atoms with van der Waals surface area (Å²) in [6, 6.07) is 13.9. The lowest BCUT2D eigenvalue weighted by Gasteiger charge is -2.14. The molecule has 1 unspecified atom stereocenters. The Morgan fingerprint density at radius 3 is 2.75 bits per heavy atom. The molecule has 0 spiro atoms. The van der Waals surface area contributed by atoms with Crippen molar-refractivity contribution in [3.8, 4) is 5.75 Å². The number of aliphatic hydroxyl groups is 1. The number of amides is 2. The lowest BCUT2D eigenvalue weighted by molar-refractivity contribution is 0.0934. The number of nitrogens with zero attached hydrogens (tertiary/aromatic N) is 2. The summed E-state index contributed by atoms with van der Waals surface area (Å²) in [4.78, 5) is 15.0. The van der Waals surface area contributed by atoms with E-state index in [2.05, 4.69) is 10.3 Å². The molecule has 2 amide bonds. The van der Waals surface area contributed by atoms with Crippen LogP contribution in [0.3, 0.4) is 0 Å². The molecule has 1 heterocycles. The fraction of sp³-hybridized carbons (Fsp3) is 0.176. The second-order valence-electron chi connectivity index (χ2n) is 5.36. The number of nitrogens with one attached hydrogen (secondary N) is 1. The Balaban J connectivity index is 1.55. The number of aliphatic hydroxyl groups excluding tert-OH is 1. The maximum Gasteiger partial charge on any atom is 0.316 e. The van der Waals surface area contributed by atoms with Crippen molar-refractivity contribution in [3.63, 3.8) is 0 Å². The van der Waals surface area contributed by atoms with Crippen molar-refractivity contribution in [1.82, 2.24) is 9.55 Å². The second kappa shape index (κ2) is 7.01. The number of urea groups is 1. The minimum absolute atomic E-state index is 0.148. The van der Waals surface area contributed by atoms with Gasteiger partial charge in [-0.2, -0.15) is 0 Å². The minimum Gasteiger partial charge on any atom is -0.491 e. The van der Waals surface area contributed by atoms with Crippen molar-refractivity contribution in [2.75, 3.05) is 11.9 Å². The first-order valence-electron chi connectivity index (χ1n) is 7.49. The van der Waals surface area contributed by atoms with E-state index in [1.807, 2.05) is 28.8 Å². The van der Waals surface area contributed by atoms with Crippen LogP contribution in [0, 0.1) is 0 Å². The van der Waals surface area contributed by atoms with Gasteiger partial charge in [0.25, 0.3) is 0 Å². The summed E-state index contributed by atoms with van der Waals surface area (Å²) >= 11 is 0. The Hall–Kier alpha value is -3.06. The van der Waals surface area contributed by atoms with Gasteiger partial charge in [0.05, 0.1) is 23.9 Å². The monoisotopic (exact) mass is 326 g/mol. The van der Waals surface area contributed by atoms with E-state index in [-0.39, 0.29) is 6.61 Å². The third kappa shape index (κ3) is 3.82. The molecule has 0 aliphatic heterocycles. The van der Waals surface area contributed by atoms with E-state index in [1.165, 1.54) is 0 Å². The van der Waals surface area contributed by atoms with Crippen molar-refractivity contribution in [2.24, 2.45) is 5.73 Å². The molecule has 0 aliphatic rings. The van der Waals surface area contributed by atoms with Gasteiger partial charge in [0.15, 0.2) is 0 Å². The highest BCUT2D eigenvalue weighted by Gasteiger charge is 2.09. The third-order valence-corrected chi connectivity index (χ3v) is 3.50. The second-order valence-corrected chi connectivity index (χ2v) is 5.36. The lowest BCUT2D eigenvalue weighted by atomic mass is 10.3. The molecule has 124 valence electrons. The average Bonchev–Trinajstić information content (AvgIpc) is 2.97. The van der Waals surface area contributed by atoms with Gasteiger partial charge < -0.3 is 25.5 Å². The van der Waals surface area contributed by atoms with Gasteiger partial charge in [-0.05, 0) is 36.4 Å². The van der Waals surface area contributed by atoms with Crippen LogP contribution in [0.25, 0.3) is 11.0 Å². The molecular weight excluding hydrogens is 308 g/mol. The molecule has 0 bridgehead atoms. The molecule has 3 aromatic rings. The van der Waals surface area contributed by atoms with E-state index in [9.17, 15) is 9.90 Å². The molecule has 0 aliphatic carbocycles. The smallest absolute Gasteiger partial charge is 0.316 e. The van der Waals surface area contributed by atoms with Gasteiger partial charge in [-0.1, -0.05) is 12.1 Å². The first-order chi connectivity index (χ1) is 11.6. The summed E-state index contributed by atoms with van der Waals surface area (Å²) < 4.78 is 7.45. The van der Waals surface area contributed by atoms with Crippen LogP contribution in [0.4, 0.5) is 10.5 Å². The van der Waals surface area contributed by atoms with Crippen molar-refractivity contribution in [3.05, 3.63) is 54.9 Å². The van der Waals surface area contributed by atoms with Gasteiger partial charge in [0, 0.05) is 5.69 Å². The zero-order chi connectivity index (χ0) is 16.9. The van der Waals surface area contributed by atoms with E-state index in [4.69, 9.17) is 10.5 Å². The lowest BCUT2D eigenvalue weighted by Crippen LogP contribution is -2.23. The third-order valence-electron chi connectivity index (χ3n) is 3.50. The number of nitrogens with two attached hydrogens (primary N) is 1. The van der Waals surface area contributed by atoms with E-state index in [0.717, 1.165) is 11.0 Å². The van der Waals surface area contributed by atoms with Gasteiger partial charge in [0.1, 0.15) is 18.5 Å².